The highest BCUT2D eigenvalue weighted by molar-refractivity contribution is 5.82. The number of carbonyl (C=O) groups is 1. The van der Waals surface area contributed by atoms with Crippen LogP contribution in [-0.2, 0) is 4.79 Å². The zero-order valence-electron chi connectivity index (χ0n) is 8.00. The molecule has 0 aliphatic carbocycles. The van der Waals surface area contributed by atoms with Crippen molar-refractivity contribution in [3.05, 3.63) is 0 Å². The van der Waals surface area contributed by atoms with Crippen molar-refractivity contribution < 1.29 is 9.90 Å². The number of carbonyl (C=O) groups excluding carboxylic acids is 1. The number of hydrogen-bond donors (Lipinski definition) is 1. The summed E-state index contributed by atoms with van der Waals surface area (Å²) in [5.74, 6) is -0.117. The molecule has 3 nitrogen and oxygen atoms in total. The fourth-order valence-corrected chi connectivity index (χ4v) is 1.08. The lowest BCUT2D eigenvalue weighted by atomic mass is 9.88. The Hall–Kier alpha value is -0.570. The number of nitrogens with zero attached hydrogens (tertiary/aromatic N) is 1. The Morgan fingerprint density at radius 3 is 2.17 bits per heavy atom. The van der Waals surface area contributed by atoms with E-state index in [1.54, 1.807) is 4.90 Å². The van der Waals surface area contributed by atoms with Crippen molar-refractivity contribution in [2.75, 3.05) is 13.1 Å². The van der Waals surface area contributed by atoms with Gasteiger partial charge in [0, 0.05) is 13.1 Å². The van der Waals surface area contributed by atoms with Gasteiger partial charge in [-0.05, 0) is 11.8 Å². The molecule has 1 unspecified atom stereocenters. The third-order valence-corrected chi connectivity index (χ3v) is 2.22. The third kappa shape index (κ3) is 1.78. The molecular weight excluding hydrogens is 154 g/mol. The normalized spacial score (nSPS) is 20.2. The number of hydrogen-bond acceptors (Lipinski definition) is 2. The lowest BCUT2D eigenvalue weighted by molar-refractivity contribution is -0.149. The lowest BCUT2D eigenvalue weighted by Crippen LogP contribution is -2.50. The quantitative estimate of drug-likeness (QED) is 0.628. The van der Waals surface area contributed by atoms with Crippen LogP contribution in [0.2, 0.25) is 0 Å². The van der Waals surface area contributed by atoms with E-state index in [9.17, 15) is 9.90 Å². The van der Waals surface area contributed by atoms with Crippen LogP contribution in [-0.4, -0.2) is 35.1 Å². The summed E-state index contributed by atoms with van der Waals surface area (Å²) in [5.41, 5.74) is -0.341. The summed E-state index contributed by atoms with van der Waals surface area (Å²) in [6, 6.07) is 0. The molecule has 1 atom stereocenters. The Bertz CT molecular complexity index is 179. The highest BCUT2D eigenvalue weighted by atomic mass is 16.3. The minimum absolute atomic E-state index is 0.117. The molecule has 1 aliphatic heterocycles. The summed E-state index contributed by atoms with van der Waals surface area (Å²) in [4.78, 5) is 13.2. The maximum atomic E-state index is 11.4. The lowest BCUT2D eigenvalue weighted by Gasteiger charge is -2.36. The van der Waals surface area contributed by atoms with E-state index in [0.29, 0.717) is 0 Å². The second-order valence-electron chi connectivity index (χ2n) is 4.45. The van der Waals surface area contributed by atoms with Gasteiger partial charge in [-0.15, -0.1) is 0 Å². The first-order valence-corrected chi connectivity index (χ1v) is 4.40. The molecule has 1 aliphatic rings. The molecule has 0 aromatic rings. The summed E-state index contributed by atoms with van der Waals surface area (Å²) in [6.45, 7) is 7.23. The van der Waals surface area contributed by atoms with Gasteiger partial charge in [-0.1, -0.05) is 20.8 Å². The van der Waals surface area contributed by atoms with Crippen molar-refractivity contribution >= 4 is 5.91 Å². The van der Waals surface area contributed by atoms with Crippen LogP contribution in [0.4, 0.5) is 0 Å². The monoisotopic (exact) mass is 171 g/mol. The van der Waals surface area contributed by atoms with Crippen molar-refractivity contribution in [1.82, 2.24) is 4.90 Å². The zero-order valence-corrected chi connectivity index (χ0v) is 8.00. The number of amides is 1. The Kier molecular flexibility index (Phi) is 2.42. The summed E-state index contributed by atoms with van der Waals surface area (Å²) in [7, 11) is 0. The van der Waals surface area contributed by atoms with Crippen LogP contribution < -0.4 is 0 Å². The van der Waals surface area contributed by atoms with Gasteiger partial charge >= 0.3 is 0 Å². The summed E-state index contributed by atoms with van der Waals surface area (Å²) in [6.07, 6.45) is 0.223. The van der Waals surface area contributed by atoms with Crippen LogP contribution in [0, 0.1) is 5.41 Å². The molecule has 1 saturated heterocycles. The molecule has 0 aromatic carbocycles. The molecule has 0 radical (unpaired) electrons. The molecule has 0 spiro atoms. The number of rotatable bonds is 1. The molecule has 0 saturated carbocycles. The average Bonchev–Trinajstić information content (AvgIpc) is 1.79. The first-order valence-electron chi connectivity index (χ1n) is 4.40. The molecule has 1 amide bonds. The molecule has 3 heteroatoms. The van der Waals surface area contributed by atoms with E-state index in [1.807, 2.05) is 20.8 Å². The van der Waals surface area contributed by atoms with Gasteiger partial charge in [-0.2, -0.15) is 0 Å². The van der Waals surface area contributed by atoms with Crippen molar-refractivity contribution in [3.8, 4) is 0 Å². The highest BCUT2D eigenvalue weighted by Crippen LogP contribution is 2.22. The molecule has 1 N–H and O–H groups in total. The van der Waals surface area contributed by atoms with Gasteiger partial charge in [0.05, 0.1) is 0 Å². The van der Waals surface area contributed by atoms with Gasteiger partial charge in [0.25, 0.3) is 5.91 Å². The van der Waals surface area contributed by atoms with E-state index < -0.39 is 6.10 Å². The fraction of sp³-hybridized carbons (Fsp3) is 0.889. The second-order valence-corrected chi connectivity index (χ2v) is 4.45. The first-order chi connectivity index (χ1) is 5.43. The number of aliphatic hydroxyl groups is 1. The first kappa shape index (κ1) is 9.52. The Labute approximate surface area is 73.4 Å². The van der Waals surface area contributed by atoms with E-state index in [2.05, 4.69) is 0 Å². The smallest absolute Gasteiger partial charge is 0.251 e. The molecular formula is C9H17NO2. The predicted octanol–water partition coefficient (Wildman–Crippen LogP) is 0.626. The van der Waals surface area contributed by atoms with E-state index in [1.165, 1.54) is 0 Å². The van der Waals surface area contributed by atoms with Gasteiger partial charge in [0.15, 0.2) is 0 Å². The molecule has 1 heterocycles. The summed E-state index contributed by atoms with van der Waals surface area (Å²) < 4.78 is 0. The maximum absolute atomic E-state index is 11.4. The Balaban J connectivity index is 2.51. The zero-order chi connectivity index (χ0) is 9.35. The van der Waals surface area contributed by atoms with Crippen molar-refractivity contribution in [2.45, 2.75) is 33.3 Å². The van der Waals surface area contributed by atoms with E-state index in [0.717, 1.165) is 19.5 Å². The van der Waals surface area contributed by atoms with E-state index in [4.69, 9.17) is 0 Å². The van der Waals surface area contributed by atoms with Gasteiger partial charge in [-0.3, -0.25) is 4.79 Å². The van der Waals surface area contributed by atoms with E-state index in [-0.39, 0.29) is 11.3 Å². The standard InChI is InChI=1S/C9H17NO2/c1-9(2,3)7(11)8(12)10-5-4-6-10/h7,11H,4-6H2,1-3H3. The summed E-state index contributed by atoms with van der Waals surface area (Å²) >= 11 is 0. The van der Waals surface area contributed by atoms with Gasteiger partial charge < -0.3 is 10.0 Å². The van der Waals surface area contributed by atoms with Crippen LogP contribution in [0.3, 0.4) is 0 Å². The van der Waals surface area contributed by atoms with Crippen LogP contribution >= 0.6 is 0 Å². The van der Waals surface area contributed by atoms with Crippen LogP contribution in [0.5, 0.6) is 0 Å². The third-order valence-electron chi connectivity index (χ3n) is 2.22. The van der Waals surface area contributed by atoms with Gasteiger partial charge in [-0.25, -0.2) is 0 Å². The molecule has 0 aromatic heterocycles. The predicted molar refractivity (Wildman–Crippen MR) is 46.7 cm³/mol. The molecule has 1 rings (SSSR count). The second kappa shape index (κ2) is 3.05. The van der Waals surface area contributed by atoms with Gasteiger partial charge in [0.2, 0.25) is 0 Å². The molecule has 70 valence electrons. The van der Waals surface area contributed by atoms with E-state index >= 15 is 0 Å². The van der Waals surface area contributed by atoms with Crippen LogP contribution in [0.1, 0.15) is 27.2 Å². The van der Waals surface area contributed by atoms with Crippen molar-refractivity contribution in [3.63, 3.8) is 0 Å². The van der Waals surface area contributed by atoms with Crippen LogP contribution in [0.25, 0.3) is 0 Å². The summed E-state index contributed by atoms with van der Waals surface area (Å²) in [5, 5.41) is 9.60. The van der Waals surface area contributed by atoms with Crippen molar-refractivity contribution in [2.24, 2.45) is 5.41 Å². The average molecular weight is 171 g/mol. The van der Waals surface area contributed by atoms with Crippen LogP contribution in [0.15, 0.2) is 0 Å². The van der Waals surface area contributed by atoms with Crippen molar-refractivity contribution in [1.29, 1.82) is 0 Å². The molecule has 12 heavy (non-hydrogen) atoms. The molecule has 1 fully saturated rings. The largest absolute Gasteiger partial charge is 0.383 e. The minimum atomic E-state index is -0.849. The van der Waals surface area contributed by atoms with Gasteiger partial charge in [0.1, 0.15) is 6.10 Å². The Morgan fingerprint density at radius 1 is 1.42 bits per heavy atom. The SMILES string of the molecule is CC(C)(C)C(O)C(=O)N1CCC1. The fourth-order valence-electron chi connectivity index (χ4n) is 1.08. The number of aliphatic hydroxyl groups excluding tert-OH is 1. The molecule has 0 bridgehead atoms. The Morgan fingerprint density at radius 2 is 1.92 bits per heavy atom. The highest BCUT2D eigenvalue weighted by Gasteiger charge is 2.34. The topological polar surface area (TPSA) is 40.5 Å². The minimum Gasteiger partial charge on any atom is -0.383 e. The maximum Gasteiger partial charge on any atom is 0.251 e. The number of likely N-dealkylation sites (tertiary alicyclic amines) is 1.